The van der Waals surface area contributed by atoms with E-state index in [0.29, 0.717) is 0 Å². The van der Waals surface area contributed by atoms with E-state index in [9.17, 15) is 0 Å². The molecule has 0 amide bonds. The van der Waals surface area contributed by atoms with Gasteiger partial charge in [-0.15, -0.1) is 0 Å². The summed E-state index contributed by atoms with van der Waals surface area (Å²) in [6.45, 7) is 8.20. The second kappa shape index (κ2) is 6.06. The van der Waals surface area contributed by atoms with E-state index in [1.54, 1.807) is 0 Å². The lowest BCUT2D eigenvalue weighted by Gasteiger charge is -2.31. The average molecular weight is 221 g/mol. The summed E-state index contributed by atoms with van der Waals surface area (Å²) < 4.78 is 0. The molecular weight excluding hydrogens is 198 g/mol. The highest BCUT2D eigenvalue weighted by Crippen LogP contribution is 2.15. The summed E-state index contributed by atoms with van der Waals surface area (Å²) in [6.07, 6.45) is 6.76. The zero-order valence-corrected chi connectivity index (χ0v) is 10.2. The van der Waals surface area contributed by atoms with Gasteiger partial charge in [0.15, 0.2) is 0 Å². The Morgan fingerprint density at radius 3 is 2.88 bits per heavy atom. The van der Waals surface area contributed by atoms with Crippen molar-refractivity contribution in [3.05, 3.63) is 24.0 Å². The van der Waals surface area contributed by atoms with E-state index in [2.05, 4.69) is 34.4 Å². The van der Waals surface area contributed by atoms with E-state index in [-0.39, 0.29) is 0 Å². The van der Waals surface area contributed by atoms with Gasteiger partial charge in [-0.25, -0.2) is 0 Å². The summed E-state index contributed by atoms with van der Waals surface area (Å²) in [5.41, 5.74) is 1.35. The van der Waals surface area contributed by atoms with Gasteiger partial charge in [0.1, 0.15) is 0 Å². The molecule has 2 rings (SSSR count). The zero-order chi connectivity index (χ0) is 11.2. The van der Waals surface area contributed by atoms with Crippen LogP contribution in [0.2, 0.25) is 0 Å². The third kappa shape index (κ3) is 3.35. The summed E-state index contributed by atoms with van der Waals surface area (Å²) in [4.78, 5) is 5.63. The van der Waals surface area contributed by atoms with Crippen LogP contribution >= 0.6 is 0 Å². The Morgan fingerprint density at radius 1 is 1.44 bits per heavy atom. The van der Waals surface area contributed by atoms with Gasteiger partial charge in [0, 0.05) is 18.9 Å². The molecule has 0 atom stereocenters. The minimum absolute atomic E-state index is 0.877. The maximum atomic E-state index is 3.55. The van der Waals surface area contributed by atoms with E-state index >= 15 is 0 Å². The van der Waals surface area contributed by atoms with Gasteiger partial charge in [-0.1, -0.05) is 6.92 Å². The number of aromatic nitrogens is 1. The third-order valence-corrected chi connectivity index (χ3v) is 3.58. The molecule has 1 aliphatic heterocycles. The molecule has 1 aromatic heterocycles. The Bertz CT molecular complexity index is 273. The maximum Gasteiger partial charge on any atom is 0.0220 e. The molecule has 3 heteroatoms. The van der Waals surface area contributed by atoms with Gasteiger partial charge in [-0.3, -0.25) is 0 Å². The van der Waals surface area contributed by atoms with Crippen molar-refractivity contribution in [2.75, 3.05) is 26.2 Å². The first kappa shape index (κ1) is 11.7. The van der Waals surface area contributed by atoms with E-state index in [1.165, 1.54) is 44.6 Å². The molecule has 0 aromatic carbocycles. The lowest BCUT2D eigenvalue weighted by atomic mass is 9.97. The quantitative estimate of drug-likeness (QED) is 0.795. The Balaban J connectivity index is 1.60. The molecule has 0 radical (unpaired) electrons. The number of aromatic amines is 1. The van der Waals surface area contributed by atoms with Gasteiger partial charge in [-0.2, -0.15) is 0 Å². The standard InChI is InChI=1S/C13H23N3/c1-2-16-7-4-12(5-8-16)9-15-11-13-3-6-14-10-13/h3,6,10,12,14-15H,2,4-5,7-9,11H2,1H3. The molecule has 1 aromatic rings. The number of H-pyrrole nitrogens is 1. The summed E-state index contributed by atoms with van der Waals surface area (Å²) in [5, 5.41) is 3.55. The summed E-state index contributed by atoms with van der Waals surface area (Å²) in [6, 6.07) is 2.13. The molecule has 90 valence electrons. The van der Waals surface area contributed by atoms with Crippen LogP contribution in [0.5, 0.6) is 0 Å². The lowest BCUT2D eigenvalue weighted by molar-refractivity contribution is 0.190. The molecular formula is C13H23N3. The van der Waals surface area contributed by atoms with Crippen molar-refractivity contribution in [2.24, 2.45) is 5.92 Å². The summed E-state index contributed by atoms with van der Waals surface area (Å²) in [7, 11) is 0. The number of nitrogens with zero attached hydrogens (tertiary/aromatic N) is 1. The smallest absolute Gasteiger partial charge is 0.0220 e. The van der Waals surface area contributed by atoms with Crippen LogP contribution in [0.25, 0.3) is 0 Å². The van der Waals surface area contributed by atoms with Crippen molar-refractivity contribution in [1.29, 1.82) is 0 Å². The Hall–Kier alpha value is -0.800. The number of nitrogens with one attached hydrogen (secondary N) is 2. The van der Waals surface area contributed by atoms with Crippen molar-refractivity contribution in [3.63, 3.8) is 0 Å². The molecule has 16 heavy (non-hydrogen) atoms. The highest BCUT2D eigenvalue weighted by Gasteiger charge is 2.17. The number of rotatable bonds is 5. The number of likely N-dealkylation sites (tertiary alicyclic amines) is 1. The molecule has 0 unspecified atom stereocenters. The van der Waals surface area contributed by atoms with Crippen LogP contribution in [0, 0.1) is 5.92 Å². The number of hydrogen-bond donors (Lipinski definition) is 2. The molecule has 0 spiro atoms. The lowest BCUT2D eigenvalue weighted by Crippen LogP contribution is -2.36. The van der Waals surface area contributed by atoms with Gasteiger partial charge in [0.25, 0.3) is 0 Å². The minimum Gasteiger partial charge on any atom is -0.367 e. The first-order valence-corrected chi connectivity index (χ1v) is 6.43. The van der Waals surface area contributed by atoms with Crippen LogP contribution in [-0.4, -0.2) is 36.1 Å². The normalized spacial score (nSPS) is 19.1. The van der Waals surface area contributed by atoms with E-state index < -0.39 is 0 Å². The van der Waals surface area contributed by atoms with Crippen molar-refractivity contribution >= 4 is 0 Å². The van der Waals surface area contributed by atoms with Crippen molar-refractivity contribution < 1.29 is 0 Å². The van der Waals surface area contributed by atoms with E-state index in [0.717, 1.165) is 12.5 Å². The predicted molar refractivity (Wildman–Crippen MR) is 67.3 cm³/mol. The summed E-state index contributed by atoms with van der Waals surface area (Å²) >= 11 is 0. The largest absolute Gasteiger partial charge is 0.367 e. The first-order chi connectivity index (χ1) is 7.88. The second-order valence-corrected chi connectivity index (χ2v) is 4.73. The predicted octanol–water partition coefficient (Wildman–Crippen LogP) is 1.84. The van der Waals surface area contributed by atoms with Gasteiger partial charge >= 0.3 is 0 Å². The van der Waals surface area contributed by atoms with Gasteiger partial charge in [0.2, 0.25) is 0 Å². The van der Waals surface area contributed by atoms with Crippen LogP contribution in [0.3, 0.4) is 0 Å². The molecule has 0 bridgehead atoms. The Labute approximate surface area is 98.2 Å². The second-order valence-electron chi connectivity index (χ2n) is 4.73. The summed E-state index contributed by atoms with van der Waals surface area (Å²) in [5.74, 6) is 0.877. The van der Waals surface area contributed by atoms with Crippen LogP contribution in [0.1, 0.15) is 25.3 Å². The van der Waals surface area contributed by atoms with Crippen molar-refractivity contribution in [1.82, 2.24) is 15.2 Å². The van der Waals surface area contributed by atoms with Crippen LogP contribution in [0.15, 0.2) is 18.5 Å². The highest BCUT2D eigenvalue weighted by atomic mass is 15.1. The fourth-order valence-corrected chi connectivity index (χ4v) is 2.40. The molecule has 1 saturated heterocycles. The van der Waals surface area contributed by atoms with Crippen molar-refractivity contribution in [2.45, 2.75) is 26.3 Å². The zero-order valence-electron chi connectivity index (χ0n) is 10.2. The molecule has 0 aliphatic carbocycles. The molecule has 0 saturated carbocycles. The van der Waals surface area contributed by atoms with Crippen LogP contribution in [-0.2, 0) is 6.54 Å². The monoisotopic (exact) mass is 221 g/mol. The van der Waals surface area contributed by atoms with Crippen molar-refractivity contribution in [3.8, 4) is 0 Å². The van der Waals surface area contributed by atoms with E-state index in [1.807, 2.05) is 6.20 Å². The van der Waals surface area contributed by atoms with Gasteiger partial charge < -0.3 is 15.2 Å². The Kier molecular flexibility index (Phi) is 4.43. The Morgan fingerprint density at radius 2 is 2.25 bits per heavy atom. The molecule has 1 fully saturated rings. The van der Waals surface area contributed by atoms with E-state index in [4.69, 9.17) is 0 Å². The minimum atomic E-state index is 0.877. The highest BCUT2D eigenvalue weighted by molar-refractivity contribution is 5.07. The number of hydrogen-bond acceptors (Lipinski definition) is 2. The molecule has 2 N–H and O–H groups in total. The van der Waals surface area contributed by atoms with Gasteiger partial charge in [-0.05, 0) is 56.6 Å². The SMILES string of the molecule is CCN1CCC(CNCc2cc[nH]c2)CC1. The fraction of sp³-hybridized carbons (Fsp3) is 0.692. The molecule has 1 aliphatic rings. The molecule has 3 nitrogen and oxygen atoms in total. The van der Waals surface area contributed by atoms with Crippen LogP contribution < -0.4 is 5.32 Å². The average Bonchev–Trinajstić information content (AvgIpc) is 2.83. The fourth-order valence-electron chi connectivity index (χ4n) is 2.40. The van der Waals surface area contributed by atoms with Crippen LogP contribution in [0.4, 0.5) is 0 Å². The maximum absolute atomic E-state index is 3.55. The topological polar surface area (TPSA) is 31.1 Å². The first-order valence-electron chi connectivity index (χ1n) is 6.43. The molecule has 2 heterocycles. The number of piperidine rings is 1. The van der Waals surface area contributed by atoms with Gasteiger partial charge in [0.05, 0.1) is 0 Å². The third-order valence-electron chi connectivity index (χ3n) is 3.58.